The van der Waals surface area contributed by atoms with E-state index in [0.29, 0.717) is 6.54 Å². The number of para-hydroxylation sites is 1. The summed E-state index contributed by atoms with van der Waals surface area (Å²) in [5.74, 6) is 0.894. The predicted octanol–water partition coefficient (Wildman–Crippen LogP) is 5.05. The molecule has 0 bridgehead atoms. The summed E-state index contributed by atoms with van der Waals surface area (Å²) in [7, 11) is 1.69. The van der Waals surface area contributed by atoms with E-state index in [1.54, 1.807) is 18.4 Å². The van der Waals surface area contributed by atoms with Crippen molar-refractivity contribution in [3.8, 4) is 17.0 Å². The molecular weight excluding hydrogens is 304 g/mol. The molecule has 23 heavy (non-hydrogen) atoms. The fraction of sp³-hybridized carbons (Fsp3) is 0.211. The highest BCUT2D eigenvalue weighted by atomic mass is 32.1. The molecule has 0 unspecified atom stereocenters. The Balaban J connectivity index is 1.73. The Morgan fingerprint density at radius 2 is 1.91 bits per heavy atom. The average Bonchev–Trinajstić information content (AvgIpc) is 3.04. The van der Waals surface area contributed by atoms with Crippen molar-refractivity contribution < 1.29 is 4.74 Å². The van der Waals surface area contributed by atoms with E-state index in [4.69, 9.17) is 4.74 Å². The highest BCUT2D eigenvalue weighted by Crippen LogP contribution is 2.27. The summed E-state index contributed by atoms with van der Waals surface area (Å²) in [5.41, 5.74) is 5.89. The molecule has 0 fully saturated rings. The lowest BCUT2D eigenvalue weighted by Gasteiger charge is -2.08. The lowest BCUT2D eigenvalue weighted by molar-refractivity contribution is 0.410. The maximum Gasteiger partial charge on any atom is 0.183 e. The Morgan fingerprint density at radius 3 is 2.70 bits per heavy atom. The second-order valence-corrected chi connectivity index (χ2v) is 6.36. The largest absolute Gasteiger partial charge is 0.496 e. The molecule has 0 spiro atoms. The first-order valence-corrected chi connectivity index (χ1v) is 8.44. The molecule has 0 aliphatic heterocycles. The van der Waals surface area contributed by atoms with Crippen LogP contribution in [0.2, 0.25) is 0 Å². The molecule has 2 aromatic carbocycles. The summed E-state index contributed by atoms with van der Waals surface area (Å²) in [6.07, 6.45) is 0. The molecule has 0 aliphatic rings. The molecule has 118 valence electrons. The lowest BCUT2D eigenvalue weighted by atomic mass is 10.1. The first-order chi connectivity index (χ1) is 11.2. The van der Waals surface area contributed by atoms with E-state index in [1.165, 1.54) is 11.1 Å². The van der Waals surface area contributed by atoms with Crippen molar-refractivity contribution in [3.05, 3.63) is 64.5 Å². The van der Waals surface area contributed by atoms with Crippen LogP contribution in [0.1, 0.15) is 16.7 Å². The Bertz CT molecular complexity index is 811. The zero-order chi connectivity index (χ0) is 16.2. The van der Waals surface area contributed by atoms with Crippen LogP contribution in [0.5, 0.6) is 5.75 Å². The summed E-state index contributed by atoms with van der Waals surface area (Å²) >= 11 is 1.62. The highest BCUT2D eigenvalue weighted by Gasteiger charge is 2.07. The van der Waals surface area contributed by atoms with Crippen LogP contribution in [-0.4, -0.2) is 12.1 Å². The Kier molecular flexibility index (Phi) is 4.63. The van der Waals surface area contributed by atoms with Crippen molar-refractivity contribution in [2.45, 2.75) is 20.4 Å². The van der Waals surface area contributed by atoms with Crippen molar-refractivity contribution in [3.63, 3.8) is 0 Å². The van der Waals surface area contributed by atoms with Gasteiger partial charge in [-0.2, -0.15) is 0 Å². The van der Waals surface area contributed by atoms with Gasteiger partial charge in [-0.1, -0.05) is 30.3 Å². The number of rotatable bonds is 5. The SMILES string of the molecule is COc1ccccc1CNc1nc(-c2ccc(C)c(C)c2)cs1. The molecule has 0 saturated heterocycles. The number of nitrogens with zero attached hydrogens (tertiary/aromatic N) is 1. The monoisotopic (exact) mass is 324 g/mol. The highest BCUT2D eigenvalue weighted by molar-refractivity contribution is 7.14. The number of hydrogen-bond donors (Lipinski definition) is 1. The summed E-state index contributed by atoms with van der Waals surface area (Å²) in [5, 5.41) is 6.39. The van der Waals surface area contributed by atoms with Crippen LogP contribution >= 0.6 is 11.3 Å². The van der Waals surface area contributed by atoms with E-state index in [1.807, 2.05) is 18.2 Å². The van der Waals surface area contributed by atoms with Crippen LogP contribution in [0.3, 0.4) is 0 Å². The first kappa shape index (κ1) is 15.6. The van der Waals surface area contributed by atoms with Gasteiger partial charge in [0, 0.05) is 23.1 Å². The molecule has 3 rings (SSSR count). The van der Waals surface area contributed by atoms with Crippen molar-refractivity contribution in [1.29, 1.82) is 0 Å². The average molecular weight is 324 g/mol. The second-order valence-electron chi connectivity index (χ2n) is 5.50. The van der Waals surface area contributed by atoms with E-state index in [9.17, 15) is 0 Å². The topological polar surface area (TPSA) is 34.1 Å². The lowest BCUT2D eigenvalue weighted by Crippen LogP contribution is -2.01. The van der Waals surface area contributed by atoms with Crippen molar-refractivity contribution >= 4 is 16.5 Å². The molecule has 0 atom stereocenters. The van der Waals surface area contributed by atoms with Crippen LogP contribution in [0.15, 0.2) is 47.8 Å². The number of methoxy groups -OCH3 is 1. The van der Waals surface area contributed by atoms with E-state index >= 15 is 0 Å². The zero-order valence-electron chi connectivity index (χ0n) is 13.6. The van der Waals surface area contributed by atoms with Crippen LogP contribution in [0.4, 0.5) is 5.13 Å². The molecule has 3 nitrogen and oxygen atoms in total. The number of hydrogen-bond acceptors (Lipinski definition) is 4. The fourth-order valence-corrected chi connectivity index (χ4v) is 3.13. The minimum atomic E-state index is 0.698. The normalized spacial score (nSPS) is 10.6. The minimum absolute atomic E-state index is 0.698. The Hall–Kier alpha value is -2.33. The molecule has 3 aromatic rings. The third-order valence-corrected chi connectivity index (χ3v) is 4.73. The van der Waals surface area contributed by atoms with Crippen LogP contribution in [0, 0.1) is 13.8 Å². The molecule has 0 aliphatic carbocycles. The number of anilines is 1. The number of aryl methyl sites for hydroxylation is 2. The second kappa shape index (κ2) is 6.84. The van der Waals surface area contributed by atoms with Gasteiger partial charge in [0.05, 0.1) is 12.8 Å². The zero-order valence-corrected chi connectivity index (χ0v) is 14.4. The number of benzene rings is 2. The van der Waals surface area contributed by atoms with Crippen LogP contribution in [-0.2, 0) is 6.54 Å². The summed E-state index contributed by atoms with van der Waals surface area (Å²) in [6, 6.07) is 14.5. The van der Waals surface area contributed by atoms with Gasteiger partial charge < -0.3 is 10.1 Å². The number of thiazole rings is 1. The smallest absolute Gasteiger partial charge is 0.183 e. The van der Waals surface area contributed by atoms with E-state index < -0.39 is 0 Å². The third kappa shape index (κ3) is 3.54. The molecule has 0 amide bonds. The Labute approximate surface area is 141 Å². The quantitative estimate of drug-likeness (QED) is 0.713. The van der Waals surface area contributed by atoms with Gasteiger partial charge in [0.2, 0.25) is 0 Å². The van der Waals surface area contributed by atoms with Crippen LogP contribution in [0.25, 0.3) is 11.3 Å². The van der Waals surface area contributed by atoms with Crippen LogP contribution < -0.4 is 10.1 Å². The number of aromatic nitrogens is 1. The standard InChI is InChI=1S/C19H20N2OS/c1-13-8-9-15(10-14(13)2)17-12-23-19(21-17)20-11-16-6-4-5-7-18(16)22-3/h4-10,12H,11H2,1-3H3,(H,20,21). The van der Waals surface area contributed by atoms with Gasteiger partial charge in [0.25, 0.3) is 0 Å². The molecule has 0 radical (unpaired) electrons. The van der Waals surface area contributed by atoms with Gasteiger partial charge in [-0.3, -0.25) is 0 Å². The minimum Gasteiger partial charge on any atom is -0.496 e. The summed E-state index contributed by atoms with van der Waals surface area (Å²) in [4.78, 5) is 4.69. The number of ether oxygens (including phenoxy) is 1. The van der Waals surface area contributed by atoms with Gasteiger partial charge in [-0.25, -0.2) is 4.98 Å². The van der Waals surface area contributed by atoms with Crippen molar-refractivity contribution in [2.24, 2.45) is 0 Å². The third-order valence-electron chi connectivity index (χ3n) is 3.93. The maximum atomic E-state index is 5.38. The molecule has 1 N–H and O–H groups in total. The molecular formula is C19H20N2OS. The van der Waals surface area contributed by atoms with E-state index in [-0.39, 0.29) is 0 Å². The van der Waals surface area contributed by atoms with Crippen molar-refractivity contribution in [2.75, 3.05) is 12.4 Å². The van der Waals surface area contributed by atoms with Gasteiger partial charge in [0.1, 0.15) is 5.75 Å². The first-order valence-electron chi connectivity index (χ1n) is 7.56. The molecule has 0 saturated carbocycles. The van der Waals surface area contributed by atoms with Gasteiger partial charge in [-0.05, 0) is 37.1 Å². The number of nitrogens with one attached hydrogen (secondary N) is 1. The summed E-state index contributed by atoms with van der Waals surface area (Å²) in [6.45, 7) is 4.95. The van der Waals surface area contributed by atoms with Crippen molar-refractivity contribution in [1.82, 2.24) is 4.98 Å². The fourth-order valence-electron chi connectivity index (χ4n) is 2.41. The predicted molar refractivity (Wildman–Crippen MR) is 97.3 cm³/mol. The maximum absolute atomic E-state index is 5.38. The molecule has 4 heteroatoms. The van der Waals surface area contributed by atoms with E-state index in [2.05, 4.69) is 53.8 Å². The van der Waals surface area contributed by atoms with E-state index in [0.717, 1.165) is 27.7 Å². The Morgan fingerprint density at radius 1 is 1.09 bits per heavy atom. The van der Waals surface area contributed by atoms with Gasteiger partial charge >= 0.3 is 0 Å². The van der Waals surface area contributed by atoms with Gasteiger partial charge in [0.15, 0.2) is 5.13 Å². The molecule has 1 aromatic heterocycles. The van der Waals surface area contributed by atoms with Gasteiger partial charge in [-0.15, -0.1) is 11.3 Å². The molecule has 1 heterocycles. The summed E-state index contributed by atoms with van der Waals surface area (Å²) < 4.78 is 5.38.